The molecule has 18 heavy (non-hydrogen) atoms. The summed E-state index contributed by atoms with van der Waals surface area (Å²) >= 11 is 1.65. The van der Waals surface area contributed by atoms with Gasteiger partial charge in [-0.05, 0) is 13.0 Å². The zero-order chi connectivity index (χ0) is 13.0. The molecule has 0 saturated carbocycles. The largest absolute Gasteiger partial charge is 0.496 e. The van der Waals surface area contributed by atoms with Gasteiger partial charge in [-0.1, -0.05) is 18.2 Å². The molecule has 0 radical (unpaired) electrons. The molecule has 2 rings (SSSR count). The van der Waals surface area contributed by atoms with Crippen molar-refractivity contribution in [3.05, 3.63) is 45.9 Å². The van der Waals surface area contributed by atoms with Crippen LogP contribution in [0.2, 0.25) is 0 Å². The molecular formula is C13H17N3OS. The number of benzene rings is 1. The first-order chi connectivity index (χ1) is 8.74. The van der Waals surface area contributed by atoms with E-state index >= 15 is 0 Å². The molecule has 0 aliphatic rings. The van der Waals surface area contributed by atoms with Gasteiger partial charge in [0, 0.05) is 17.4 Å². The van der Waals surface area contributed by atoms with Crippen molar-refractivity contribution in [1.29, 1.82) is 0 Å². The highest BCUT2D eigenvalue weighted by atomic mass is 32.1. The third kappa shape index (κ3) is 2.87. The maximum Gasteiger partial charge on any atom is 0.123 e. The van der Waals surface area contributed by atoms with Gasteiger partial charge in [0.15, 0.2) is 0 Å². The molecule has 1 aromatic heterocycles. The zero-order valence-electron chi connectivity index (χ0n) is 10.5. The normalized spacial score (nSPS) is 12.4. The quantitative estimate of drug-likeness (QED) is 0.641. The Balaban J connectivity index is 2.22. The fourth-order valence-corrected chi connectivity index (χ4v) is 2.55. The first-order valence-electron chi connectivity index (χ1n) is 5.74. The zero-order valence-corrected chi connectivity index (χ0v) is 11.3. The number of hydrazine groups is 1. The van der Waals surface area contributed by atoms with Crippen LogP contribution in [0.25, 0.3) is 0 Å². The van der Waals surface area contributed by atoms with Crippen LogP contribution in [-0.4, -0.2) is 12.1 Å². The minimum atomic E-state index is 0.00245. The fraction of sp³-hybridized carbons (Fsp3) is 0.308. The number of rotatable bonds is 5. The van der Waals surface area contributed by atoms with E-state index in [0.29, 0.717) is 0 Å². The monoisotopic (exact) mass is 263 g/mol. The second kappa shape index (κ2) is 5.95. The van der Waals surface area contributed by atoms with E-state index < -0.39 is 0 Å². The van der Waals surface area contributed by atoms with Crippen LogP contribution in [0, 0.1) is 6.92 Å². The van der Waals surface area contributed by atoms with E-state index in [-0.39, 0.29) is 6.04 Å². The topological polar surface area (TPSA) is 60.2 Å². The number of aromatic nitrogens is 1. The number of methoxy groups -OCH3 is 1. The van der Waals surface area contributed by atoms with E-state index in [1.807, 2.05) is 31.2 Å². The molecule has 0 bridgehead atoms. The number of nitrogens with one attached hydrogen (secondary N) is 1. The first-order valence-corrected chi connectivity index (χ1v) is 6.62. The Hall–Kier alpha value is -1.43. The van der Waals surface area contributed by atoms with Crippen LogP contribution in [0.4, 0.5) is 0 Å². The molecule has 2 aromatic rings. The second-order valence-corrected chi connectivity index (χ2v) is 5.09. The van der Waals surface area contributed by atoms with Gasteiger partial charge in [0.25, 0.3) is 0 Å². The SMILES string of the molecule is COc1ccccc1C(Cc1csc(C)n1)NN. The Bertz CT molecular complexity index is 512. The lowest BCUT2D eigenvalue weighted by Crippen LogP contribution is -2.30. The van der Waals surface area contributed by atoms with Gasteiger partial charge >= 0.3 is 0 Å². The fourth-order valence-electron chi connectivity index (χ4n) is 1.92. The number of nitrogens with two attached hydrogens (primary N) is 1. The van der Waals surface area contributed by atoms with Gasteiger partial charge < -0.3 is 4.74 Å². The summed E-state index contributed by atoms with van der Waals surface area (Å²) in [5.74, 6) is 6.49. The Morgan fingerprint density at radius 3 is 2.83 bits per heavy atom. The van der Waals surface area contributed by atoms with Gasteiger partial charge in [0.1, 0.15) is 5.75 Å². The van der Waals surface area contributed by atoms with Crippen molar-refractivity contribution in [2.24, 2.45) is 5.84 Å². The summed E-state index contributed by atoms with van der Waals surface area (Å²) in [6, 6.07) is 7.88. The molecule has 0 aliphatic carbocycles. The molecule has 4 nitrogen and oxygen atoms in total. The summed E-state index contributed by atoms with van der Waals surface area (Å²) in [5, 5.41) is 3.13. The van der Waals surface area contributed by atoms with Gasteiger partial charge in [0.2, 0.25) is 0 Å². The van der Waals surface area contributed by atoms with Crippen molar-refractivity contribution in [2.75, 3.05) is 7.11 Å². The van der Waals surface area contributed by atoms with Crippen molar-refractivity contribution in [2.45, 2.75) is 19.4 Å². The molecule has 1 unspecified atom stereocenters. The first kappa shape index (κ1) is 13.0. The minimum Gasteiger partial charge on any atom is -0.496 e. The average molecular weight is 263 g/mol. The van der Waals surface area contributed by atoms with Gasteiger partial charge in [-0.3, -0.25) is 11.3 Å². The Kier molecular flexibility index (Phi) is 4.30. The van der Waals surface area contributed by atoms with Crippen molar-refractivity contribution in [3.63, 3.8) is 0 Å². The number of para-hydroxylation sites is 1. The summed E-state index contributed by atoms with van der Waals surface area (Å²) in [5.41, 5.74) is 4.93. The lowest BCUT2D eigenvalue weighted by atomic mass is 10.0. The predicted octanol–water partition coefficient (Wildman–Crippen LogP) is 2.21. The highest BCUT2D eigenvalue weighted by Crippen LogP contribution is 2.27. The van der Waals surface area contributed by atoms with Gasteiger partial charge in [-0.25, -0.2) is 4.98 Å². The molecule has 0 aliphatic heterocycles. The van der Waals surface area contributed by atoms with E-state index in [9.17, 15) is 0 Å². The summed E-state index contributed by atoms with van der Waals surface area (Å²) in [7, 11) is 1.67. The van der Waals surface area contributed by atoms with Crippen LogP contribution in [0.5, 0.6) is 5.75 Å². The summed E-state index contributed by atoms with van der Waals surface area (Å²) in [6.07, 6.45) is 0.751. The number of hydrogen-bond donors (Lipinski definition) is 2. The highest BCUT2D eigenvalue weighted by Gasteiger charge is 2.16. The smallest absolute Gasteiger partial charge is 0.123 e. The van der Waals surface area contributed by atoms with Crippen LogP contribution >= 0.6 is 11.3 Å². The average Bonchev–Trinajstić information content (AvgIpc) is 2.81. The van der Waals surface area contributed by atoms with Crippen LogP contribution < -0.4 is 16.0 Å². The molecule has 1 heterocycles. The van der Waals surface area contributed by atoms with E-state index in [0.717, 1.165) is 28.4 Å². The van der Waals surface area contributed by atoms with E-state index in [1.165, 1.54) is 0 Å². The van der Waals surface area contributed by atoms with Crippen LogP contribution in [0.15, 0.2) is 29.6 Å². The molecule has 1 aromatic carbocycles. The number of nitrogens with zero attached hydrogens (tertiary/aromatic N) is 1. The van der Waals surface area contributed by atoms with Crippen molar-refractivity contribution >= 4 is 11.3 Å². The van der Waals surface area contributed by atoms with Crippen molar-refractivity contribution in [1.82, 2.24) is 10.4 Å². The maximum atomic E-state index is 5.65. The number of thiazole rings is 1. The molecule has 3 N–H and O–H groups in total. The van der Waals surface area contributed by atoms with Crippen molar-refractivity contribution in [3.8, 4) is 5.75 Å². The highest BCUT2D eigenvalue weighted by molar-refractivity contribution is 7.09. The van der Waals surface area contributed by atoms with Crippen LogP contribution in [0.1, 0.15) is 22.3 Å². The Labute approximate surface area is 111 Å². The lowest BCUT2D eigenvalue weighted by Gasteiger charge is -2.18. The molecule has 1 atom stereocenters. The summed E-state index contributed by atoms with van der Waals surface area (Å²) < 4.78 is 5.36. The molecule has 0 saturated heterocycles. The van der Waals surface area contributed by atoms with Gasteiger partial charge in [-0.15, -0.1) is 11.3 Å². The van der Waals surface area contributed by atoms with Gasteiger partial charge in [0.05, 0.1) is 23.9 Å². The second-order valence-electron chi connectivity index (χ2n) is 4.02. The third-order valence-corrected chi connectivity index (χ3v) is 3.62. The van der Waals surface area contributed by atoms with E-state index in [2.05, 4.69) is 15.8 Å². The molecular weight excluding hydrogens is 246 g/mol. The lowest BCUT2D eigenvalue weighted by molar-refractivity contribution is 0.398. The predicted molar refractivity (Wildman–Crippen MR) is 73.6 cm³/mol. The molecule has 0 fully saturated rings. The van der Waals surface area contributed by atoms with E-state index in [1.54, 1.807) is 18.4 Å². The molecule has 0 spiro atoms. The number of hydrogen-bond acceptors (Lipinski definition) is 5. The molecule has 0 amide bonds. The molecule has 5 heteroatoms. The molecule has 96 valence electrons. The van der Waals surface area contributed by atoms with Crippen LogP contribution in [0.3, 0.4) is 0 Å². The van der Waals surface area contributed by atoms with E-state index in [4.69, 9.17) is 10.6 Å². The number of aryl methyl sites for hydroxylation is 1. The van der Waals surface area contributed by atoms with Gasteiger partial charge in [-0.2, -0.15) is 0 Å². The maximum absolute atomic E-state index is 5.65. The van der Waals surface area contributed by atoms with Crippen LogP contribution in [-0.2, 0) is 6.42 Å². The van der Waals surface area contributed by atoms with Crippen molar-refractivity contribution < 1.29 is 4.74 Å². The summed E-state index contributed by atoms with van der Waals surface area (Å²) in [4.78, 5) is 4.46. The summed E-state index contributed by atoms with van der Waals surface area (Å²) in [6.45, 7) is 2.00. The standard InChI is InChI=1S/C13H17N3OS/c1-9-15-10(8-18-9)7-12(16-14)11-5-3-4-6-13(11)17-2/h3-6,8,12,16H,7,14H2,1-2H3. The number of ether oxygens (including phenoxy) is 1. The minimum absolute atomic E-state index is 0.00245. The Morgan fingerprint density at radius 1 is 1.44 bits per heavy atom. The third-order valence-electron chi connectivity index (χ3n) is 2.80. The Morgan fingerprint density at radius 2 is 2.22 bits per heavy atom.